The van der Waals surface area contributed by atoms with Gasteiger partial charge in [0.2, 0.25) is 5.91 Å². The smallest absolute Gasteiger partial charge is 0.217 e. The Labute approximate surface area is 176 Å². The molecule has 0 fully saturated rings. The van der Waals surface area contributed by atoms with E-state index in [0.717, 1.165) is 18.1 Å². The fourth-order valence-electron chi connectivity index (χ4n) is 3.48. The third-order valence-corrected chi connectivity index (χ3v) is 4.98. The molecule has 1 unspecified atom stereocenters. The molecule has 2 aromatic rings. The Balaban J connectivity index is 2.10. The SMILES string of the molecule is CCc1cccc([C@H](CCO)NC[C@@H](O)C(Cc2cc(F)cc(F)c2)NC(C)=O)c1. The summed E-state index contributed by atoms with van der Waals surface area (Å²) in [5, 5.41) is 26.0. The number of aliphatic hydroxyl groups excluding tert-OH is 2. The number of hydrogen-bond acceptors (Lipinski definition) is 4. The van der Waals surface area contributed by atoms with Gasteiger partial charge in [-0.2, -0.15) is 0 Å². The summed E-state index contributed by atoms with van der Waals surface area (Å²) in [6.45, 7) is 3.49. The summed E-state index contributed by atoms with van der Waals surface area (Å²) in [6, 6.07) is 10.2. The van der Waals surface area contributed by atoms with Gasteiger partial charge in [-0.25, -0.2) is 8.78 Å². The highest BCUT2D eigenvalue weighted by Gasteiger charge is 2.23. The Morgan fingerprint density at radius 3 is 2.40 bits per heavy atom. The average molecular weight is 421 g/mol. The molecule has 1 amide bonds. The van der Waals surface area contributed by atoms with Gasteiger partial charge >= 0.3 is 0 Å². The summed E-state index contributed by atoms with van der Waals surface area (Å²) in [5.74, 6) is -1.77. The van der Waals surface area contributed by atoms with Gasteiger partial charge in [-0.15, -0.1) is 0 Å². The van der Waals surface area contributed by atoms with Crippen LogP contribution in [0.1, 0.15) is 43.0 Å². The van der Waals surface area contributed by atoms with Gasteiger partial charge in [-0.1, -0.05) is 31.2 Å². The molecule has 0 spiro atoms. The highest BCUT2D eigenvalue weighted by Crippen LogP contribution is 2.19. The van der Waals surface area contributed by atoms with E-state index in [0.29, 0.717) is 12.0 Å². The fraction of sp³-hybridized carbons (Fsp3) is 0.435. The lowest BCUT2D eigenvalue weighted by Crippen LogP contribution is -2.48. The van der Waals surface area contributed by atoms with Crippen molar-refractivity contribution in [3.63, 3.8) is 0 Å². The van der Waals surface area contributed by atoms with Gasteiger partial charge in [0.05, 0.1) is 12.1 Å². The molecular weight excluding hydrogens is 390 g/mol. The molecule has 30 heavy (non-hydrogen) atoms. The zero-order valence-electron chi connectivity index (χ0n) is 17.4. The number of nitrogens with one attached hydrogen (secondary N) is 2. The van der Waals surface area contributed by atoms with E-state index in [4.69, 9.17) is 0 Å². The predicted molar refractivity (Wildman–Crippen MR) is 112 cm³/mol. The van der Waals surface area contributed by atoms with Gasteiger partial charge < -0.3 is 20.8 Å². The topological polar surface area (TPSA) is 81.6 Å². The van der Waals surface area contributed by atoms with Crippen molar-refractivity contribution in [1.82, 2.24) is 10.6 Å². The minimum atomic E-state index is -1.00. The molecule has 3 atom stereocenters. The van der Waals surface area contributed by atoms with Crippen LogP contribution in [0.15, 0.2) is 42.5 Å². The first-order valence-electron chi connectivity index (χ1n) is 10.2. The lowest BCUT2D eigenvalue weighted by Gasteiger charge is -2.27. The molecule has 2 aromatic carbocycles. The molecule has 7 heteroatoms. The van der Waals surface area contributed by atoms with E-state index in [1.54, 1.807) is 0 Å². The number of carbonyl (C=O) groups excluding carboxylic acids is 1. The number of halogens is 2. The number of carbonyl (C=O) groups is 1. The van der Waals surface area contributed by atoms with Crippen LogP contribution in [-0.4, -0.2) is 41.4 Å². The van der Waals surface area contributed by atoms with Crippen LogP contribution < -0.4 is 10.6 Å². The zero-order valence-corrected chi connectivity index (χ0v) is 17.4. The predicted octanol–water partition coefficient (Wildman–Crippen LogP) is 2.65. The van der Waals surface area contributed by atoms with Gasteiger partial charge in [-0.3, -0.25) is 4.79 Å². The summed E-state index contributed by atoms with van der Waals surface area (Å²) < 4.78 is 27.0. The van der Waals surface area contributed by atoms with E-state index in [1.807, 2.05) is 18.2 Å². The third-order valence-electron chi connectivity index (χ3n) is 4.98. The summed E-state index contributed by atoms with van der Waals surface area (Å²) in [6.07, 6.45) is 0.417. The lowest BCUT2D eigenvalue weighted by molar-refractivity contribution is -0.120. The molecule has 0 aliphatic rings. The molecule has 0 aliphatic heterocycles. The third kappa shape index (κ3) is 7.48. The van der Waals surface area contributed by atoms with Crippen LogP contribution in [0.25, 0.3) is 0 Å². The number of hydrogen-bond donors (Lipinski definition) is 4. The Hall–Kier alpha value is -2.35. The summed E-state index contributed by atoms with van der Waals surface area (Å²) in [5.41, 5.74) is 2.51. The largest absolute Gasteiger partial charge is 0.396 e. The van der Waals surface area contributed by atoms with Crippen LogP contribution in [0.4, 0.5) is 8.78 Å². The normalized spacial score (nSPS) is 14.2. The van der Waals surface area contributed by atoms with Crippen molar-refractivity contribution in [1.29, 1.82) is 0 Å². The quantitative estimate of drug-likeness (QED) is 0.451. The number of amides is 1. The van der Waals surface area contributed by atoms with E-state index in [-0.39, 0.29) is 31.5 Å². The first-order valence-corrected chi connectivity index (χ1v) is 10.2. The number of rotatable bonds is 11. The van der Waals surface area contributed by atoms with Gasteiger partial charge in [0.25, 0.3) is 0 Å². The Bertz CT molecular complexity index is 812. The molecule has 0 saturated carbocycles. The second-order valence-corrected chi connectivity index (χ2v) is 7.43. The van der Waals surface area contributed by atoms with Crippen molar-refractivity contribution in [2.75, 3.05) is 13.2 Å². The first kappa shape index (κ1) is 23.9. The highest BCUT2D eigenvalue weighted by atomic mass is 19.1. The van der Waals surface area contributed by atoms with Gasteiger partial charge in [0, 0.05) is 32.2 Å². The van der Waals surface area contributed by atoms with Crippen molar-refractivity contribution in [3.05, 3.63) is 70.8 Å². The average Bonchev–Trinajstić information content (AvgIpc) is 2.69. The second kappa shape index (κ2) is 11.7. The van der Waals surface area contributed by atoms with Crippen molar-refractivity contribution < 1.29 is 23.8 Å². The molecule has 0 bridgehead atoms. The molecule has 0 heterocycles. The van der Waals surface area contributed by atoms with Crippen molar-refractivity contribution >= 4 is 5.91 Å². The van der Waals surface area contributed by atoms with Crippen LogP contribution in [0.2, 0.25) is 0 Å². The van der Waals surface area contributed by atoms with Crippen molar-refractivity contribution in [2.45, 2.75) is 51.3 Å². The standard InChI is InChI=1S/C23H30F2N2O3/c1-3-16-5-4-6-18(9-16)21(7-8-28)26-14-23(30)22(27-15(2)29)12-17-10-19(24)13-20(25)11-17/h4-6,9-11,13,21-23,26,28,30H,3,7-8,12,14H2,1-2H3,(H,27,29)/t21-,22?,23+/m0/s1. The van der Waals surface area contributed by atoms with Crippen LogP contribution in [0.3, 0.4) is 0 Å². The summed E-state index contributed by atoms with van der Waals surface area (Å²) in [7, 11) is 0. The van der Waals surface area contributed by atoms with E-state index in [1.165, 1.54) is 24.6 Å². The van der Waals surface area contributed by atoms with Crippen LogP contribution >= 0.6 is 0 Å². The maximum atomic E-state index is 13.5. The first-order chi connectivity index (χ1) is 14.3. The maximum Gasteiger partial charge on any atom is 0.217 e. The number of benzene rings is 2. The molecular formula is C23H30F2N2O3. The molecule has 2 rings (SSSR count). The monoisotopic (exact) mass is 420 g/mol. The van der Waals surface area contributed by atoms with E-state index in [2.05, 4.69) is 23.6 Å². The second-order valence-electron chi connectivity index (χ2n) is 7.43. The van der Waals surface area contributed by atoms with Gasteiger partial charge in [-0.05, 0) is 48.1 Å². The fourth-order valence-corrected chi connectivity index (χ4v) is 3.48. The van der Waals surface area contributed by atoms with Gasteiger partial charge in [0.15, 0.2) is 0 Å². The van der Waals surface area contributed by atoms with Crippen LogP contribution in [0, 0.1) is 11.6 Å². The molecule has 164 valence electrons. The molecule has 5 nitrogen and oxygen atoms in total. The van der Waals surface area contributed by atoms with Crippen LogP contribution in [0.5, 0.6) is 0 Å². The minimum absolute atomic E-state index is 0.0260. The van der Waals surface area contributed by atoms with E-state index >= 15 is 0 Å². The van der Waals surface area contributed by atoms with Crippen LogP contribution in [-0.2, 0) is 17.6 Å². The molecule has 0 radical (unpaired) electrons. The minimum Gasteiger partial charge on any atom is -0.396 e. The zero-order chi connectivity index (χ0) is 22.1. The van der Waals surface area contributed by atoms with E-state index in [9.17, 15) is 23.8 Å². The maximum absolute atomic E-state index is 13.5. The molecule has 4 N–H and O–H groups in total. The Morgan fingerprint density at radius 1 is 1.10 bits per heavy atom. The highest BCUT2D eigenvalue weighted by molar-refractivity contribution is 5.73. The lowest BCUT2D eigenvalue weighted by atomic mass is 9.98. The van der Waals surface area contributed by atoms with E-state index < -0.39 is 23.8 Å². The molecule has 0 saturated heterocycles. The summed E-state index contributed by atoms with van der Waals surface area (Å²) >= 11 is 0. The van der Waals surface area contributed by atoms with Gasteiger partial charge in [0.1, 0.15) is 11.6 Å². The Kier molecular flexibility index (Phi) is 9.36. The number of aryl methyl sites for hydroxylation is 1. The molecule has 0 aromatic heterocycles. The summed E-state index contributed by atoms with van der Waals surface area (Å²) in [4.78, 5) is 11.6. The number of aliphatic hydroxyl groups is 2. The Morgan fingerprint density at radius 2 is 1.80 bits per heavy atom. The van der Waals surface area contributed by atoms with Crippen molar-refractivity contribution in [3.8, 4) is 0 Å². The molecule has 0 aliphatic carbocycles. The van der Waals surface area contributed by atoms with Crippen molar-refractivity contribution in [2.24, 2.45) is 0 Å².